The summed E-state index contributed by atoms with van der Waals surface area (Å²) >= 11 is 0. The minimum atomic E-state index is -0.0321. The van der Waals surface area contributed by atoms with Gasteiger partial charge in [-0.05, 0) is 13.3 Å². The van der Waals surface area contributed by atoms with Gasteiger partial charge in [-0.25, -0.2) is 4.98 Å². The molecule has 1 aliphatic heterocycles. The Morgan fingerprint density at radius 1 is 1.47 bits per heavy atom. The lowest BCUT2D eigenvalue weighted by atomic mass is 10.2. The van der Waals surface area contributed by atoms with Crippen molar-refractivity contribution in [1.29, 1.82) is 0 Å². The zero-order chi connectivity index (χ0) is 13.5. The van der Waals surface area contributed by atoms with Crippen LogP contribution in [0.5, 0.6) is 0 Å². The van der Waals surface area contributed by atoms with Crippen molar-refractivity contribution in [2.24, 2.45) is 0 Å². The molecule has 2 rings (SSSR count). The molecule has 0 saturated carbocycles. The molecule has 1 fully saturated rings. The number of aromatic nitrogens is 2. The number of nitrogens with one attached hydrogen (secondary N) is 2. The Kier molecular flexibility index (Phi) is 5.35. The quantitative estimate of drug-likeness (QED) is 0.692. The van der Waals surface area contributed by atoms with Gasteiger partial charge in [0.05, 0.1) is 12.4 Å². The molecule has 6 heteroatoms. The largest absolute Gasteiger partial charge is 0.355 e. The van der Waals surface area contributed by atoms with Gasteiger partial charge in [-0.1, -0.05) is 0 Å². The van der Waals surface area contributed by atoms with Crippen LogP contribution in [0.2, 0.25) is 0 Å². The third kappa shape index (κ3) is 4.33. The van der Waals surface area contributed by atoms with Crippen molar-refractivity contribution in [3.8, 4) is 0 Å². The van der Waals surface area contributed by atoms with Crippen LogP contribution in [0.4, 0.5) is 0 Å². The summed E-state index contributed by atoms with van der Waals surface area (Å²) in [5, 5.41) is 6.30. The molecule has 106 valence electrons. The van der Waals surface area contributed by atoms with Crippen molar-refractivity contribution in [3.63, 3.8) is 0 Å². The molecular formula is C13H23N5O. The molecule has 0 aliphatic carbocycles. The third-order valence-electron chi connectivity index (χ3n) is 3.53. The van der Waals surface area contributed by atoms with E-state index >= 15 is 0 Å². The molecule has 19 heavy (non-hydrogen) atoms. The first-order valence-electron chi connectivity index (χ1n) is 6.95. The zero-order valence-electron chi connectivity index (χ0n) is 11.5. The molecule has 1 amide bonds. The molecule has 2 heterocycles. The number of carbonyl (C=O) groups is 1. The highest BCUT2D eigenvalue weighted by Crippen LogP contribution is 2.01. The van der Waals surface area contributed by atoms with Crippen LogP contribution in [0.1, 0.15) is 13.3 Å². The predicted octanol–water partition coefficient (Wildman–Crippen LogP) is -0.317. The molecule has 0 aromatic carbocycles. The van der Waals surface area contributed by atoms with Crippen molar-refractivity contribution >= 4 is 5.91 Å². The lowest BCUT2D eigenvalue weighted by Crippen LogP contribution is -2.52. The van der Waals surface area contributed by atoms with Gasteiger partial charge in [-0.15, -0.1) is 0 Å². The fourth-order valence-electron chi connectivity index (χ4n) is 2.28. The lowest BCUT2D eigenvalue weighted by molar-refractivity contribution is -0.126. The molecule has 1 aliphatic rings. The summed E-state index contributed by atoms with van der Waals surface area (Å²) in [7, 11) is 0. The first-order valence-corrected chi connectivity index (χ1v) is 6.95. The normalized spacial score (nSPS) is 18.2. The Labute approximate surface area is 114 Å². The van der Waals surface area contributed by atoms with E-state index < -0.39 is 0 Å². The highest BCUT2D eigenvalue weighted by Gasteiger charge is 2.21. The summed E-state index contributed by atoms with van der Waals surface area (Å²) in [6.45, 7) is 7.43. The minimum absolute atomic E-state index is 0.0321. The fourth-order valence-corrected chi connectivity index (χ4v) is 2.28. The van der Waals surface area contributed by atoms with Crippen LogP contribution in [-0.2, 0) is 11.3 Å². The molecule has 1 saturated heterocycles. The standard InChI is InChI=1S/C13H23N5O/c1-12(18-9-5-14-6-10-18)13(19)16-3-2-7-17-8-4-15-11-17/h4,8,11-12,14H,2-3,5-7,9-10H2,1H3,(H,16,19). The Morgan fingerprint density at radius 2 is 2.26 bits per heavy atom. The van der Waals surface area contributed by atoms with E-state index in [-0.39, 0.29) is 11.9 Å². The van der Waals surface area contributed by atoms with E-state index in [1.165, 1.54) is 0 Å². The average molecular weight is 265 g/mol. The maximum Gasteiger partial charge on any atom is 0.237 e. The summed E-state index contributed by atoms with van der Waals surface area (Å²) in [5.41, 5.74) is 0. The second-order valence-corrected chi connectivity index (χ2v) is 4.91. The van der Waals surface area contributed by atoms with Crippen molar-refractivity contribution in [3.05, 3.63) is 18.7 Å². The number of hydrogen-bond acceptors (Lipinski definition) is 4. The number of carbonyl (C=O) groups excluding carboxylic acids is 1. The van der Waals surface area contributed by atoms with Crippen LogP contribution in [0, 0.1) is 0 Å². The van der Waals surface area contributed by atoms with E-state index in [0.717, 1.165) is 39.1 Å². The number of imidazole rings is 1. The molecule has 6 nitrogen and oxygen atoms in total. The first-order chi connectivity index (χ1) is 9.27. The van der Waals surface area contributed by atoms with Crippen molar-refractivity contribution in [1.82, 2.24) is 25.1 Å². The monoisotopic (exact) mass is 265 g/mol. The molecule has 2 N–H and O–H groups in total. The minimum Gasteiger partial charge on any atom is -0.355 e. The van der Waals surface area contributed by atoms with Crippen LogP contribution < -0.4 is 10.6 Å². The van der Waals surface area contributed by atoms with Gasteiger partial charge in [0, 0.05) is 51.7 Å². The van der Waals surface area contributed by atoms with E-state index in [9.17, 15) is 4.79 Å². The zero-order valence-corrected chi connectivity index (χ0v) is 11.5. The second-order valence-electron chi connectivity index (χ2n) is 4.91. The first kappa shape index (κ1) is 14.0. The average Bonchev–Trinajstić information content (AvgIpc) is 2.96. The summed E-state index contributed by atoms with van der Waals surface area (Å²) in [6, 6.07) is -0.0321. The highest BCUT2D eigenvalue weighted by atomic mass is 16.2. The van der Waals surface area contributed by atoms with Gasteiger partial charge < -0.3 is 15.2 Å². The number of amides is 1. The molecule has 1 atom stereocenters. The van der Waals surface area contributed by atoms with Crippen LogP contribution in [0.3, 0.4) is 0 Å². The van der Waals surface area contributed by atoms with Crippen LogP contribution in [-0.4, -0.2) is 59.1 Å². The molecule has 0 bridgehead atoms. The summed E-state index contributed by atoms with van der Waals surface area (Å²) in [5.74, 6) is 0.132. The highest BCUT2D eigenvalue weighted by molar-refractivity contribution is 5.81. The predicted molar refractivity (Wildman–Crippen MR) is 73.8 cm³/mol. The van der Waals surface area contributed by atoms with Gasteiger partial charge >= 0.3 is 0 Å². The van der Waals surface area contributed by atoms with Crippen LogP contribution >= 0.6 is 0 Å². The number of rotatable bonds is 6. The molecule has 1 aromatic rings. The number of hydrogen-bond donors (Lipinski definition) is 2. The second kappa shape index (κ2) is 7.25. The number of aryl methyl sites for hydroxylation is 1. The Morgan fingerprint density at radius 3 is 2.95 bits per heavy atom. The SMILES string of the molecule is CC(C(=O)NCCCn1ccnc1)N1CCNCC1. The van der Waals surface area contributed by atoms with Gasteiger partial charge in [0.25, 0.3) is 0 Å². The van der Waals surface area contributed by atoms with Gasteiger partial charge in [-0.2, -0.15) is 0 Å². The van der Waals surface area contributed by atoms with E-state index in [2.05, 4.69) is 20.5 Å². The Bertz CT molecular complexity index is 372. The third-order valence-corrected chi connectivity index (χ3v) is 3.53. The van der Waals surface area contributed by atoms with E-state index in [1.54, 1.807) is 12.5 Å². The van der Waals surface area contributed by atoms with Crippen molar-refractivity contribution < 1.29 is 4.79 Å². The van der Waals surface area contributed by atoms with Gasteiger partial charge in [0.2, 0.25) is 5.91 Å². The summed E-state index contributed by atoms with van der Waals surface area (Å²) in [6.07, 6.45) is 6.43. The number of nitrogens with zero attached hydrogens (tertiary/aromatic N) is 3. The van der Waals surface area contributed by atoms with E-state index in [4.69, 9.17) is 0 Å². The summed E-state index contributed by atoms with van der Waals surface area (Å²) < 4.78 is 2.02. The molecule has 1 unspecified atom stereocenters. The Hall–Kier alpha value is -1.40. The van der Waals surface area contributed by atoms with E-state index in [1.807, 2.05) is 17.7 Å². The lowest BCUT2D eigenvalue weighted by Gasteiger charge is -2.31. The maximum atomic E-state index is 12.0. The molecule has 0 radical (unpaired) electrons. The van der Waals surface area contributed by atoms with Crippen LogP contribution in [0.15, 0.2) is 18.7 Å². The molecular weight excluding hydrogens is 242 g/mol. The Balaban J connectivity index is 1.63. The van der Waals surface area contributed by atoms with E-state index in [0.29, 0.717) is 6.54 Å². The maximum absolute atomic E-state index is 12.0. The van der Waals surface area contributed by atoms with Gasteiger partial charge in [0.15, 0.2) is 0 Å². The smallest absolute Gasteiger partial charge is 0.237 e. The van der Waals surface area contributed by atoms with Crippen molar-refractivity contribution in [2.75, 3.05) is 32.7 Å². The molecule has 1 aromatic heterocycles. The topological polar surface area (TPSA) is 62.2 Å². The van der Waals surface area contributed by atoms with Gasteiger partial charge in [-0.3, -0.25) is 9.69 Å². The van der Waals surface area contributed by atoms with Crippen molar-refractivity contribution in [2.45, 2.75) is 25.9 Å². The van der Waals surface area contributed by atoms with Crippen LogP contribution in [0.25, 0.3) is 0 Å². The van der Waals surface area contributed by atoms with Gasteiger partial charge in [0.1, 0.15) is 0 Å². The summed E-state index contributed by atoms with van der Waals surface area (Å²) in [4.78, 5) is 18.2. The molecule has 0 spiro atoms. The number of piperazine rings is 1. The fraction of sp³-hybridized carbons (Fsp3) is 0.692.